The van der Waals surface area contributed by atoms with Gasteiger partial charge in [-0.25, -0.2) is 9.78 Å². The molecule has 29 heavy (non-hydrogen) atoms. The normalized spacial score (nSPS) is 17.2. The maximum Gasteiger partial charge on any atom is 0.345 e. The molecule has 1 atom stereocenters. The van der Waals surface area contributed by atoms with E-state index in [1.165, 1.54) is 0 Å². The fourth-order valence-corrected chi connectivity index (χ4v) is 3.86. The van der Waals surface area contributed by atoms with Crippen molar-refractivity contribution in [3.8, 4) is 17.0 Å². The summed E-state index contributed by atoms with van der Waals surface area (Å²) in [7, 11) is 1.61. The van der Waals surface area contributed by atoms with Gasteiger partial charge in [0.1, 0.15) is 17.0 Å². The zero-order valence-corrected chi connectivity index (χ0v) is 16.4. The number of benzene rings is 1. The minimum atomic E-state index is -0.390. The number of hydrogen-bond donors (Lipinski definition) is 1. The third-order valence-electron chi connectivity index (χ3n) is 5.40. The van der Waals surface area contributed by atoms with Crippen LogP contribution in [0.1, 0.15) is 6.92 Å². The molecule has 0 spiro atoms. The molecule has 0 amide bonds. The third kappa shape index (κ3) is 3.23. The molecule has 4 aromatic rings. The molecule has 0 saturated carbocycles. The van der Waals surface area contributed by atoms with E-state index >= 15 is 0 Å². The summed E-state index contributed by atoms with van der Waals surface area (Å²) >= 11 is 0. The van der Waals surface area contributed by atoms with E-state index in [0.29, 0.717) is 28.5 Å². The monoisotopic (exact) mass is 390 g/mol. The van der Waals surface area contributed by atoms with Crippen LogP contribution in [0.4, 0.5) is 5.69 Å². The Morgan fingerprint density at radius 2 is 2.14 bits per heavy atom. The summed E-state index contributed by atoms with van der Waals surface area (Å²) in [5.74, 6) is 0.718. The van der Waals surface area contributed by atoms with E-state index in [1.54, 1.807) is 7.11 Å². The summed E-state index contributed by atoms with van der Waals surface area (Å²) in [4.78, 5) is 19.6. The lowest BCUT2D eigenvalue weighted by Crippen LogP contribution is -2.49. The molecule has 148 valence electrons. The number of rotatable bonds is 3. The van der Waals surface area contributed by atoms with Gasteiger partial charge >= 0.3 is 5.63 Å². The number of piperazine rings is 1. The van der Waals surface area contributed by atoms with Crippen molar-refractivity contribution in [2.45, 2.75) is 13.0 Å². The fourth-order valence-electron chi connectivity index (χ4n) is 3.86. The Morgan fingerprint density at radius 3 is 2.97 bits per heavy atom. The molecule has 3 aromatic heterocycles. The van der Waals surface area contributed by atoms with Gasteiger partial charge in [0.2, 0.25) is 0 Å². The smallest absolute Gasteiger partial charge is 0.345 e. The number of fused-ring (bicyclic) bond motifs is 2. The van der Waals surface area contributed by atoms with Crippen molar-refractivity contribution in [2.75, 3.05) is 31.6 Å². The molecule has 4 heterocycles. The molecule has 1 aliphatic heterocycles. The Hall–Kier alpha value is -3.32. The molecule has 0 bridgehead atoms. The van der Waals surface area contributed by atoms with Crippen molar-refractivity contribution in [3.63, 3.8) is 0 Å². The molecule has 7 nitrogen and oxygen atoms in total. The lowest BCUT2D eigenvalue weighted by Gasteiger charge is -2.33. The van der Waals surface area contributed by atoms with E-state index in [9.17, 15) is 4.79 Å². The molecule has 1 saturated heterocycles. The molecule has 1 fully saturated rings. The van der Waals surface area contributed by atoms with Crippen molar-refractivity contribution in [1.82, 2.24) is 14.7 Å². The van der Waals surface area contributed by atoms with Crippen molar-refractivity contribution >= 4 is 22.3 Å². The summed E-state index contributed by atoms with van der Waals surface area (Å²) in [5.41, 5.74) is 3.01. The lowest BCUT2D eigenvalue weighted by molar-refractivity contribution is 0.414. The van der Waals surface area contributed by atoms with Crippen molar-refractivity contribution in [2.24, 2.45) is 0 Å². The number of imidazole rings is 1. The van der Waals surface area contributed by atoms with E-state index in [0.717, 1.165) is 36.5 Å². The maximum atomic E-state index is 12.7. The minimum absolute atomic E-state index is 0.390. The number of ether oxygens (including phenoxy) is 1. The molecule has 0 radical (unpaired) electrons. The first kappa shape index (κ1) is 17.8. The Labute approximate surface area is 167 Å². The standard InChI is InChI=1S/C22H22N4O3/c1-14-12-25(8-6-23-14)16-4-3-15-9-18(22(27)29-20(15)10-16)19-13-26-7-5-17(28-2)11-21(26)24-19/h3-5,7,9-11,13-14,23H,6,8,12H2,1-2H3/t14-/m0/s1. The van der Waals surface area contributed by atoms with Crippen LogP contribution >= 0.6 is 0 Å². The summed E-state index contributed by atoms with van der Waals surface area (Å²) in [6.07, 6.45) is 3.68. The molecular weight excluding hydrogens is 368 g/mol. The van der Waals surface area contributed by atoms with E-state index in [-0.39, 0.29) is 0 Å². The quantitative estimate of drug-likeness (QED) is 0.543. The molecule has 1 N–H and O–H groups in total. The van der Waals surface area contributed by atoms with Gasteiger partial charge < -0.3 is 23.8 Å². The van der Waals surface area contributed by atoms with E-state index in [4.69, 9.17) is 9.15 Å². The SMILES string of the molecule is COc1ccn2cc(-c3cc4ccc(N5CCN[C@@H](C)C5)cc4oc3=O)nc2c1. The van der Waals surface area contributed by atoms with Crippen LogP contribution < -0.4 is 20.6 Å². The highest BCUT2D eigenvalue weighted by molar-refractivity contribution is 5.84. The highest BCUT2D eigenvalue weighted by atomic mass is 16.5. The molecule has 0 unspecified atom stereocenters. The fraction of sp³-hybridized carbons (Fsp3) is 0.273. The molecule has 0 aliphatic carbocycles. The summed E-state index contributed by atoms with van der Waals surface area (Å²) < 4.78 is 12.8. The molecule has 1 aliphatic rings. The van der Waals surface area contributed by atoms with Gasteiger partial charge in [0.15, 0.2) is 0 Å². The van der Waals surface area contributed by atoms with Crippen LogP contribution in [-0.4, -0.2) is 42.2 Å². The summed E-state index contributed by atoms with van der Waals surface area (Å²) in [6, 6.07) is 12.0. The molecule has 5 rings (SSSR count). The van der Waals surface area contributed by atoms with E-state index in [2.05, 4.69) is 28.2 Å². The Kier molecular flexibility index (Phi) is 4.24. The average Bonchev–Trinajstić information content (AvgIpc) is 3.15. The van der Waals surface area contributed by atoms with E-state index < -0.39 is 5.63 Å². The highest BCUT2D eigenvalue weighted by Crippen LogP contribution is 2.26. The Balaban J connectivity index is 1.55. The van der Waals surface area contributed by atoms with Gasteiger partial charge in [0, 0.05) is 61.3 Å². The van der Waals surface area contributed by atoms with Crippen LogP contribution in [0, 0.1) is 0 Å². The molecular formula is C22H22N4O3. The van der Waals surface area contributed by atoms with Crippen LogP contribution in [-0.2, 0) is 0 Å². The van der Waals surface area contributed by atoms with Crippen molar-refractivity contribution in [1.29, 1.82) is 0 Å². The minimum Gasteiger partial charge on any atom is -0.497 e. The first-order valence-corrected chi connectivity index (χ1v) is 9.70. The maximum absolute atomic E-state index is 12.7. The number of pyridine rings is 1. The van der Waals surface area contributed by atoms with Crippen LogP contribution in [0.15, 0.2) is 58.0 Å². The zero-order chi connectivity index (χ0) is 20.0. The molecule has 1 aromatic carbocycles. The number of nitrogens with zero attached hydrogens (tertiary/aromatic N) is 3. The predicted molar refractivity (Wildman–Crippen MR) is 113 cm³/mol. The van der Waals surface area contributed by atoms with E-state index in [1.807, 2.05) is 47.1 Å². The number of hydrogen-bond acceptors (Lipinski definition) is 6. The lowest BCUT2D eigenvalue weighted by atomic mass is 10.1. The average molecular weight is 390 g/mol. The van der Waals surface area contributed by atoms with Crippen LogP contribution in [0.5, 0.6) is 5.75 Å². The zero-order valence-electron chi connectivity index (χ0n) is 16.4. The first-order valence-electron chi connectivity index (χ1n) is 9.70. The number of aromatic nitrogens is 2. The highest BCUT2D eigenvalue weighted by Gasteiger charge is 2.17. The van der Waals surface area contributed by atoms with Gasteiger partial charge in [-0.05, 0) is 31.2 Å². The van der Waals surface area contributed by atoms with Crippen LogP contribution in [0.3, 0.4) is 0 Å². The topological polar surface area (TPSA) is 72.0 Å². The summed E-state index contributed by atoms with van der Waals surface area (Å²) in [5, 5.41) is 4.32. The van der Waals surface area contributed by atoms with Gasteiger partial charge in [0.05, 0.1) is 18.4 Å². The van der Waals surface area contributed by atoms with Crippen LogP contribution in [0.25, 0.3) is 27.9 Å². The van der Waals surface area contributed by atoms with Crippen LogP contribution in [0.2, 0.25) is 0 Å². The Bertz CT molecular complexity index is 1260. The number of methoxy groups -OCH3 is 1. The second-order valence-electron chi connectivity index (χ2n) is 7.43. The largest absolute Gasteiger partial charge is 0.497 e. The van der Waals surface area contributed by atoms with Gasteiger partial charge in [-0.2, -0.15) is 0 Å². The Morgan fingerprint density at radius 1 is 1.24 bits per heavy atom. The number of anilines is 1. The van der Waals surface area contributed by atoms with Crippen molar-refractivity contribution < 1.29 is 9.15 Å². The predicted octanol–water partition coefficient (Wildman–Crippen LogP) is 2.91. The molecule has 7 heteroatoms. The first-order chi connectivity index (χ1) is 14.1. The number of nitrogens with one attached hydrogen (secondary N) is 1. The van der Waals surface area contributed by atoms with Crippen molar-refractivity contribution in [3.05, 3.63) is 59.2 Å². The third-order valence-corrected chi connectivity index (χ3v) is 5.40. The summed E-state index contributed by atoms with van der Waals surface area (Å²) in [6.45, 7) is 4.98. The van der Waals surface area contributed by atoms with Gasteiger partial charge in [-0.15, -0.1) is 0 Å². The second kappa shape index (κ2) is 6.93. The van der Waals surface area contributed by atoms with Gasteiger partial charge in [-0.1, -0.05) is 0 Å². The van der Waals surface area contributed by atoms with Gasteiger partial charge in [-0.3, -0.25) is 0 Å². The van der Waals surface area contributed by atoms with Gasteiger partial charge in [0.25, 0.3) is 0 Å². The second-order valence-corrected chi connectivity index (χ2v) is 7.43.